The quantitative estimate of drug-likeness (QED) is 0.874. The molecule has 1 fully saturated rings. The molecule has 1 aromatic carbocycles. The van der Waals surface area contributed by atoms with Gasteiger partial charge in [-0.15, -0.1) is 0 Å². The van der Waals surface area contributed by atoms with Crippen molar-refractivity contribution in [2.45, 2.75) is 30.2 Å². The highest BCUT2D eigenvalue weighted by atomic mass is 79.9. The molecule has 0 unspecified atom stereocenters. The average molecular weight is 377 g/mol. The molecule has 0 saturated carbocycles. The zero-order valence-electron chi connectivity index (χ0n) is 12.5. The Balaban J connectivity index is 2.30. The van der Waals surface area contributed by atoms with Gasteiger partial charge in [-0.05, 0) is 45.0 Å². The summed E-state index contributed by atoms with van der Waals surface area (Å²) in [7, 11) is -0.134. The van der Waals surface area contributed by atoms with E-state index in [1.165, 1.54) is 11.4 Å². The molecule has 2 rings (SSSR count). The van der Waals surface area contributed by atoms with Gasteiger partial charge in [0.1, 0.15) is 10.6 Å². The van der Waals surface area contributed by atoms with E-state index in [0.29, 0.717) is 18.8 Å². The van der Waals surface area contributed by atoms with Gasteiger partial charge in [-0.3, -0.25) is 0 Å². The zero-order chi connectivity index (χ0) is 15.7. The van der Waals surface area contributed by atoms with Crippen molar-refractivity contribution >= 4 is 26.0 Å². The smallest absolute Gasteiger partial charge is 0.246 e. The minimum absolute atomic E-state index is 0.00732. The number of nitrogens with zero attached hydrogens (tertiary/aromatic N) is 1. The van der Waals surface area contributed by atoms with Gasteiger partial charge in [0.2, 0.25) is 10.0 Å². The standard InChI is InChI=1S/C14H21BrN2O3S/c1-14(16-2)6-8-17(9-7-14)21(18,19)13-10-11(15)4-5-12(13)20-3/h4-5,10,16H,6-9H2,1-3H3. The molecule has 7 heteroatoms. The maximum atomic E-state index is 12.8. The van der Waals surface area contributed by atoms with Crippen LogP contribution in [0, 0.1) is 0 Å². The Bertz CT molecular complexity index is 611. The summed E-state index contributed by atoms with van der Waals surface area (Å²) in [5.41, 5.74) is 0.00732. The number of hydrogen-bond donors (Lipinski definition) is 1. The van der Waals surface area contributed by atoms with Crippen molar-refractivity contribution in [3.05, 3.63) is 22.7 Å². The molecule has 1 aromatic rings. The van der Waals surface area contributed by atoms with Crippen LogP contribution in [0.1, 0.15) is 19.8 Å². The van der Waals surface area contributed by atoms with Crippen molar-refractivity contribution in [1.29, 1.82) is 0 Å². The molecule has 5 nitrogen and oxygen atoms in total. The van der Waals surface area contributed by atoms with Gasteiger partial charge in [0.25, 0.3) is 0 Å². The summed E-state index contributed by atoms with van der Waals surface area (Å²) in [6, 6.07) is 5.03. The van der Waals surface area contributed by atoms with E-state index < -0.39 is 10.0 Å². The van der Waals surface area contributed by atoms with Crippen LogP contribution >= 0.6 is 15.9 Å². The maximum absolute atomic E-state index is 12.8. The molecular formula is C14H21BrN2O3S. The first kappa shape index (κ1) is 16.7. The Morgan fingerprint density at radius 1 is 1.33 bits per heavy atom. The Morgan fingerprint density at radius 3 is 2.48 bits per heavy atom. The van der Waals surface area contributed by atoms with Gasteiger partial charge in [-0.2, -0.15) is 4.31 Å². The zero-order valence-corrected chi connectivity index (χ0v) is 14.9. The van der Waals surface area contributed by atoms with E-state index in [9.17, 15) is 8.42 Å². The minimum atomic E-state index is -3.54. The van der Waals surface area contributed by atoms with Crippen molar-refractivity contribution in [2.75, 3.05) is 27.2 Å². The molecule has 0 bridgehead atoms. The monoisotopic (exact) mass is 376 g/mol. The first-order chi connectivity index (χ1) is 9.82. The lowest BCUT2D eigenvalue weighted by Crippen LogP contribution is -2.51. The SMILES string of the molecule is CNC1(C)CCN(S(=O)(=O)c2cc(Br)ccc2OC)CC1. The summed E-state index contributed by atoms with van der Waals surface area (Å²) >= 11 is 3.32. The number of piperidine rings is 1. The van der Waals surface area contributed by atoms with Crippen molar-refractivity contribution < 1.29 is 13.2 Å². The Labute approximate surface area is 134 Å². The van der Waals surface area contributed by atoms with Crippen LogP contribution < -0.4 is 10.1 Å². The molecule has 0 amide bonds. The van der Waals surface area contributed by atoms with E-state index in [1.807, 2.05) is 7.05 Å². The average Bonchev–Trinajstić information content (AvgIpc) is 2.47. The lowest BCUT2D eigenvalue weighted by molar-refractivity contribution is 0.219. The van der Waals surface area contributed by atoms with E-state index in [0.717, 1.165) is 17.3 Å². The largest absolute Gasteiger partial charge is 0.495 e. The molecule has 21 heavy (non-hydrogen) atoms. The Hall–Kier alpha value is -0.630. The number of sulfonamides is 1. The molecule has 1 saturated heterocycles. The first-order valence-corrected chi connectivity index (χ1v) is 9.08. The third kappa shape index (κ3) is 3.41. The third-order valence-electron chi connectivity index (χ3n) is 4.17. The molecule has 0 atom stereocenters. The van der Waals surface area contributed by atoms with Crippen molar-refractivity contribution in [3.63, 3.8) is 0 Å². The van der Waals surface area contributed by atoms with Gasteiger partial charge in [0, 0.05) is 23.1 Å². The molecule has 0 aliphatic carbocycles. The normalized spacial score (nSPS) is 19.4. The molecular weight excluding hydrogens is 356 g/mol. The second-order valence-corrected chi connectivity index (χ2v) is 8.33. The maximum Gasteiger partial charge on any atom is 0.246 e. The van der Waals surface area contributed by atoms with Crippen LogP contribution in [-0.4, -0.2) is 45.5 Å². The summed E-state index contributed by atoms with van der Waals surface area (Å²) in [5, 5.41) is 3.27. The molecule has 1 heterocycles. The molecule has 1 aliphatic heterocycles. The number of methoxy groups -OCH3 is 1. The summed E-state index contributed by atoms with van der Waals surface area (Å²) in [5.74, 6) is 0.375. The fraction of sp³-hybridized carbons (Fsp3) is 0.571. The fourth-order valence-corrected chi connectivity index (χ4v) is 4.60. The predicted octanol–water partition coefficient (Wildman–Crippen LogP) is 2.22. The molecule has 118 valence electrons. The van der Waals surface area contributed by atoms with Gasteiger partial charge in [0.15, 0.2) is 0 Å². The summed E-state index contributed by atoms with van der Waals surface area (Å²) < 4.78 is 33.1. The fourth-order valence-electron chi connectivity index (χ4n) is 2.46. The van der Waals surface area contributed by atoms with Gasteiger partial charge >= 0.3 is 0 Å². The van der Waals surface area contributed by atoms with Gasteiger partial charge in [-0.25, -0.2) is 8.42 Å². The molecule has 0 spiro atoms. The molecule has 1 aliphatic rings. The topological polar surface area (TPSA) is 58.6 Å². The summed E-state index contributed by atoms with van der Waals surface area (Å²) in [6.45, 7) is 3.14. The molecule has 0 radical (unpaired) electrons. The van der Waals surface area contributed by atoms with E-state index in [1.54, 1.807) is 18.2 Å². The number of benzene rings is 1. The molecule has 1 N–H and O–H groups in total. The predicted molar refractivity (Wildman–Crippen MR) is 86.2 cm³/mol. The van der Waals surface area contributed by atoms with Gasteiger partial charge in [0.05, 0.1) is 7.11 Å². The number of rotatable bonds is 4. The Morgan fingerprint density at radius 2 is 1.95 bits per heavy atom. The highest BCUT2D eigenvalue weighted by Crippen LogP contribution is 2.32. The van der Waals surface area contributed by atoms with Crippen molar-refractivity contribution in [1.82, 2.24) is 9.62 Å². The van der Waals surface area contributed by atoms with Crippen LogP contribution in [0.25, 0.3) is 0 Å². The van der Waals surface area contributed by atoms with Gasteiger partial charge in [-0.1, -0.05) is 15.9 Å². The Kier molecular flexibility index (Phi) is 4.97. The summed E-state index contributed by atoms with van der Waals surface area (Å²) in [4.78, 5) is 0.215. The number of nitrogens with one attached hydrogen (secondary N) is 1. The third-order valence-corrected chi connectivity index (χ3v) is 6.59. The number of halogens is 1. The summed E-state index contributed by atoms with van der Waals surface area (Å²) in [6.07, 6.45) is 1.58. The minimum Gasteiger partial charge on any atom is -0.495 e. The van der Waals surface area contributed by atoms with E-state index in [4.69, 9.17) is 4.74 Å². The van der Waals surface area contributed by atoms with E-state index in [-0.39, 0.29) is 10.4 Å². The van der Waals surface area contributed by atoms with E-state index in [2.05, 4.69) is 28.2 Å². The second-order valence-electron chi connectivity index (χ2n) is 5.51. The first-order valence-electron chi connectivity index (χ1n) is 6.85. The van der Waals surface area contributed by atoms with Crippen LogP contribution in [0.3, 0.4) is 0 Å². The van der Waals surface area contributed by atoms with Crippen LogP contribution in [-0.2, 0) is 10.0 Å². The van der Waals surface area contributed by atoms with Crippen molar-refractivity contribution in [3.8, 4) is 5.75 Å². The molecule has 0 aromatic heterocycles. The lowest BCUT2D eigenvalue weighted by Gasteiger charge is -2.38. The second kappa shape index (κ2) is 6.24. The highest BCUT2D eigenvalue weighted by Gasteiger charge is 2.35. The van der Waals surface area contributed by atoms with Gasteiger partial charge < -0.3 is 10.1 Å². The highest BCUT2D eigenvalue weighted by molar-refractivity contribution is 9.10. The van der Waals surface area contributed by atoms with Crippen LogP contribution in [0.15, 0.2) is 27.6 Å². The van der Waals surface area contributed by atoms with Crippen LogP contribution in [0.2, 0.25) is 0 Å². The van der Waals surface area contributed by atoms with Crippen LogP contribution in [0.4, 0.5) is 0 Å². The van der Waals surface area contributed by atoms with E-state index >= 15 is 0 Å². The number of ether oxygens (including phenoxy) is 1. The number of hydrogen-bond acceptors (Lipinski definition) is 4. The van der Waals surface area contributed by atoms with Crippen molar-refractivity contribution in [2.24, 2.45) is 0 Å². The lowest BCUT2D eigenvalue weighted by atomic mass is 9.91. The van der Waals surface area contributed by atoms with Crippen LogP contribution in [0.5, 0.6) is 5.75 Å².